The molecule has 6 rings (SSSR count). The molecule has 0 radical (unpaired) electrons. The maximum absolute atomic E-state index is 14.0. The Labute approximate surface area is 234 Å². The van der Waals surface area contributed by atoms with Crippen LogP contribution in [0, 0.1) is 11.6 Å². The van der Waals surface area contributed by atoms with Crippen molar-refractivity contribution in [3.63, 3.8) is 0 Å². The Bertz CT molecular complexity index is 1590. The molecule has 2 aliphatic rings. The van der Waals surface area contributed by atoms with E-state index in [1.165, 1.54) is 23.5 Å². The van der Waals surface area contributed by atoms with E-state index >= 15 is 0 Å². The highest BCUT2D eigenvalue weighted by atomic mass is 79.9. The minimum atomic E-state index is -0.792. The van der Waals surface area contributed by atoms with Gasteiger partial charge in [0.15, 0.2) is 0 Å². The second-order valence-electron chi connectivity index (χ2n) is 9.53. The van der Waals surface area contributed by atoms with Crippen molar-refractivity contribution >= 4 is 45.0 Å². The number of hydrogen-bond donors (Lipinski definition) is 1. The first-order chi connectivity index (χ1) is 18.8. The number of aryl methyl sites for hydroxylation is 2. The lowest BCUT2D eigenvalue weighted by molar-refractivity contribution is 0.0629. The van der Waals surface area contributed by atoms with Crippen molar-refractivity contribution in [2.24, 2.45) is 0 Å². The topological polar surface area (TPSA) is 84.3 Å². The highest BCUT2D eigenvalue weighted by Crippen LogP contribution is 2.38. The summed E-state index contributed by atoms with van der Waals surface area (Å²) in [6, 6.07) is 10.6. The number of carbonyl (C=O) groups excluding carboxylic acids is 3. The van der Waals surface area contributed by atoms with Crippen molar-refractivity contribution in [2.75, 3.05) is 6.54 Å². The van der Waals surface area contributed by atoms with Crippen molar-refractivity contribution in [1.82, 2.24) is 20.0 Å². The number of nitrogens with one attached hydrogen (secondary N) is 1. The smallest absolute Gasteiger partial charge is 0.261 e. The quantitative estimate of drug-likeness (QED) is 0.303. The summed E-state index contributed by atoms with van der Waals surface area (Å²) >= 11 is 4.93. The van der Waals surface area contributed by atoms with Gasteiger partial charge in [-0.1, -0.05) is 12.1 Å². The predicted octanol–water partition coefficient (Wildman–Crippen LogP) is 5.24. The van der Waals surface area contributed by atoms with Gasteiger partial charge >= 0.3 is 0 Å². The molecular formula is C28H21BrF2N4O3S. The third-order valence-electron chi connectivity index (χ3n) is 6.88. The SMILES string of the molecule is O=C(N[C@@H](Cc1cc(F)cc(F)c1)CN1C(=O)c2ccccc2C1=O)c1cc2c(s1)CCCn1ncc(Br)c1-2. The molecule has 198 valence electrons. The number of hydrogen-bond acceptors (Lipinski definition) is 5. The lowest BCUT2D eigenvalue weighted by Crippen LogP contribution is -2.46. The van der Waals surface area contributed by atoms with Gasteiger partial charge < -0.3 is 5.32 Å². The number of aromatic nitrogens is 2. The zero-order valence-corrected chi connectivity index (χ0v) is 22.8. The molecule has 3 amide bonds. The lowest BCUT2D eigenvalue weighted by Gasteiger charge is -2.24. The summed E-state index contributed by atoms with van der Waals surface area (Å²) in [5.74, 6) is -2.84. The number of halogens is 3. The van der Waals surface area contributed by atoms with Crippen molar-refractivity contribution in [3.8, 4) is 11.3 Å². The highest BCUT2D eigenvalue weighted by molar-refractivity contribution is 9.10. The number of benzene rings is 2. The maximum atomic E-state index is 14.0. The summed E-state index contributed by atoms with van der Waals surface area (Å²) in [5, 5.41) is 7.33. The van der Waals surface area contributed by atoms with Gasteiger partial charge in [0.2, 0.25) is 0 Å². The first-order valence-electron chi connectivity index (χ1n) is 12.3. The average Bonchev–Trinajstić information content (AvgIpc) is 3.51. The third-order valence-corrected chi connectivity index (χ3v) is 8.65. The fourth-order valence-corrected chi connectivity index (χ4v) is 6.79. The zero-order valence-electron chi connectivity index (χ0n) is 20.4. The van der Waals surface area contributed by atoms with Gasteiger partial charge in [-0.2, -0.15) is 5.10 Å². The molecule has 39 heavy (non-hydrogen) atoms. The number of rotatable bonds is 6. The minimum Gasteiger partial charge on any atom is -0.346 e. The number of fused-ring (bicyclic) bond motifs is 4. The Morgan fingerprint density at radius 3 is 2.44 bits per heavy atom. The van der Waals surface area contributed by atoms with E-state index in [4.69, 9.17) is 0 Å². The van der Waals surface area contributed by atoms with Gasteiger partial charge in [0, 0.05) is 29.6 Å². The molecule has 0 spiro atoms. The van der Waals surface area contributed by atoms with Crippen molar-refractivity contribution in [1.29, 1.82) is 0 Å². The van der Waals surface area contributed by atoms with Crippen molar-refractivity contribution in [3.05, 3.63) is 97.3 Å². The molecule has 2 aromatic heterocycles. The summed E-state index contributed by atoms with van der Waals surface area (Å²) in [6.07, 6.45) is 3.42. The van der Waals surface area contributed by atoms with E-state index in [0.29, 0.717) is 10.4 Å². The van der Waals surface area contributed by atoms with Crippen LogP contribution in [-0.2, 0) is 19.4 Å². The molecule has 2 aromatic carbocycles. The molecule has 0 aliphatic carbocycles. The van der Waals surface area contributed by atoms with E-state index in [1.54, 1.807) is 30.5 Å². The molecule has 1 N–H and O–H groups in total. The molecule has 2 aliphatic heterocycles. The molecule has 0 saturated heterocycles. The van der Waals surface area contributed by atoms with E-state index in [1.807, 2.05) is 10.7 Å². The van der Waals surface area contributed by atoms with Crippen LogP contribution in [0.5, 0.6) is 0 Å². The monoisotopic (exact) mass is 610 g/mol. The first-order valence-corrected chi connectivity index (χ1v) is 13.9. The molecule has 0 bridgehead atoms. The molecule has 0 fully saturated rings. The van der Waals surface area contributed by atoms with Gasteiger partial charge in [0.1, 0.15) is 11.6 Å². The Hall–Kier alpha value is -3.70. The molecule has 4 aromatic rings. The number of amides is 3. The fraction of sp³-hybridized carbons (Fsp3) is 0.214. The van der Waals surface area contributed by atoms with Gasteiger partial charge in [-0.25, -0.2) is 8.78 Å². The van der Waals surface area contributed by atoms with E-state index in [9.17, 15) is 23.2 Å². The van der Waals surface area contributed by atoms with Crippen LogP contribution in [0.2, 0.25) is 0 Å². The Morgan fingerprint density at radius 2 is 1.74 bits per heavy atom. The molecule has 4 heterocycles. The van der Waals surface area contributed by atoms with Crippen LogP contribution in [0.1, 0.15) is 47.2 Å². The average molecular weight is 611 g/mol. The molecule has 11 heteroatoms. The molecular weight excluding hydrogens is 590 g/mol. The summed E-state index contributed by atoms with van der Waals surface area (Å²) < 4.78 is 30.7. The second-order valence-corrected chi connectivity index (χ2v) is 11.5. The standard InChI is InChI=1S/C28H21BrF2N4O3S/c29-22-13-32-35-7-3-6-23-21(25(22)35)12-24(39-23)26(36)33-18(10-15-8-16(30)11-17(31)9-15)14-34-27(37)19-4-1-2-5-20(19)28(34)38/h1-2,4-5,8-9,11-13,18H,3,6-7,10,14H2,(H,33,36)/t18-/m0/s1. The normalized spacial score (nSPS) is 15.0. The van der Waals surface area contributed by atoms with Crippen LogP contribution in [0.25, 0.3) is 11.3 Å². The first kappa shape index (κ1) is 25.6. The van der Waals surface area contributed by atoms with Crippen LogP contribution >= 0.6 is 27.3 Å². The predicted molar refractivity (Wildman–Crippen MR) is 145 cm³/mol. The summed E-state index contributed by atoms with van der Waals surface area (Å²) in [5.41, 5.74) is 2.71. The summed E-state index contributed by atoms with van der Waals surface area (Å²) in [4.78, 5) is 42.1. The lowest BCUT2D eigenvalue weighted by atomic mass is 10.0. The number of imide groups is 1. The Morgan fingerprint density at radius 1 is 1.05 bits per heavy atom. The number of thiophene rings is 1. The van der Waals surface area contributed by atoms with Crippen LogP contribution < -0.4 is 5.32 Å². The molecule has 1 atom stereocenters. The number of carbonyl (C=O) groups is 3. The maximum Gasteiger partial charge on any atom is 0.261 e. The third kappa shape index (κ3) is 4.80. The van der Waals surface area contributed by atoms with Crippen LogP contribution in [0.4, 0.5) is 8.78 Å². The van der Waals surface area contributed by atoms with E-state index in [-0.39, 0.29) is 24.1 Å². The van der Waals surface area contributed by atoms with Crippen LogP contribution in [0.3, 0.4) is 0 Å². The second kappa shape index (κ2) is 10.1. The fourth-order valence-electron chi connectivity index (χ4n) is 5.17. The van der Waals surface area contributed by atoms with Gasteiger partial charge in [-0.3, -0.25) is 24.0 Å². The van der Waals surface area contributed by atoms with Crippen molar-refractivity contribution < 1.29 is 23.2 Å². The number of nitrogens with zero attached hydrogens (tertiary/aromatic N) is 3. The van der Waals surface area contributed by atoms with Crippen molar-refractivity contribution in [2.45, 2.75) is 31.8 Å². The largest absolute Gasteiger partial charge is 0.346 e. The molecule has 0 saturated carbocycles. The Kier molecular flexibility index (Phi) is 6.64. The van der Waals surface area contributed by atoms with E-state index in [0.717, 1.165) is 51.0 Å². The summed E-state index contributed by atoms with van der Waals surface area (Å²) in [6.45, 7) is 0.621. The van der Waals surface area contributed by atoms with E-state index in [2.05, 4.69) is 26.3 Å². The van der Waals surface area contributed by atoms with Gasteiger partial charge in [-0.05, 0) is 71.1 Å². The van der Waals surface area contributed by atoms with Crippen LogP contribution in [0.15, 0.2) is 59.2 Å². The van der Waals surface area contributed by atoms with E-state index < -0.39 is 35.4 Å². The highest BCUT2D eigenvalue weighted by Gasteiger charge is 2.37. The van der Waals surface area contributed by atoms with Crippen LogP contribution in [-0.4, -0.2) is 45.0 Å². The zero-order chi connectivity index (χ0) is 27.3. The molecule has 7 nitrogen and oxygen atoms in total. The van der Waals surface area contributed by atoms with Gasteiger partial charge in [-0.15, -0.1) is 11.3 Å². The van der Waals surface area contributed by atoms with Gasteiger partial charge in [0.05, 0.1) is 38.4 Å². The van der Waals surface area contributed by atoms with Gasteiger partial charge in [0.25, 0.3) is 17.7 Å². The minimum absolute atomic E-state index is 0.0111. The Balaban J connectivity index is 1.29. The summed E-state index contributed by atoms with van der Waals surface area (Å²) in [7, 11) is 0. The molecule has 0 unspecified atom stereocenters.